The fourth-order valence-electron chi connectivity index (χ4n) is 1.99. The summed E-state index contributed by atoms with van der Waals surface area (Å²) in [7, 11) is 0. The van der Waals surface area contributed by atoms with E-state index in [9.17, 15) is 9.59 Å². The molecule has 2 amide bonds. The molecule has 0 aliphatic heterocycles. The first kappa shape index (κ1) is 16.5. The second-order valence-corrected chi connectivity index (χ2v) is 6.88. The van der Waals surface area contributed by atoms with Crippen LogP contribution in [0.4, 0.5) is 5.13 Å². The number of fused-ring (bicyclic) bond motifs is 1. The third kappa shape index (κ3) is 4.34. The third-order valence-corrected chi connectivity index (χ3v) is 4.77. The number of amides is 2. The smallest absolute Gasteiger partial charge is 0.252 e. The molecule has 124 valence electrons. The molecule has 2 heterocycles. The minimum atomic E-state index is -0.461. The molecule has 1 aromatic carbocycles. The van der Waals surface area contributed by atoms with Crippen LogP contribution in [-0.4, -0.2) is 28.4 Å². The predicted molar refractivity (Wildman–Crippen MR) is 92.9 cm³/mol. The molecule has 0 saturated carbocycles. The maximum absolute atomic E-state index is 11.8. The topological polar surface area (TPSA) is 107 Å². The van der Waals surface area contributed by atoms with E-state index in [4.69, 9.17) is 10.5 Å². The van der Waals surface area contributed by atoms with Crippen molar-refractivity contribution in [2.45, 2.75) is 13.0 Å². The number of benzene rings is 1. The Kier molecular flexibility index (Phi) is 5.14. The van der Waals surface area contributed by atoms with Gasteiger partial charge in [-0.3, -0.25) is 14.9 Å². The van der Waals surface area contributed by atoms with E-state index >= 15 is 0 Å². The number of rotatable bonds is 7. The maximum atomic E-state index is 11.8. The first-order valence-corrected chi connectivity index (χ1v) is 8.74. The highest BCUT2D eigenvalue weighted by molar-refractivity contribution is 7.18. The third-order valence-electron chi connectivity index (χ3n) is 2.95. The number of ether oxygens (including phenoxy) is 1. The molecule has 0 aliphatic carbocycles. The number of para-hydroxylation sites is 1. The number of hydrogen-bond acceptors (Lipinski definition) is 7. The molecule has 0 unspecified atom stereocenters. The Morgan fingerprint density at radius 3 is 2.88 bits per heavy atom. The summed E-state index contributed by atoms with van der Waals surface area (Å²) < 4.78 is 6.48. The summed E-state index contributed by atoms with van der Waals surface area (Å²) in [5, 5.41) is 5.54. The molecule has 2 aromatic heterocycles. The summed E-state index contributed by atoms with van der Waals surface area (Å²) in [6.45, 7) is 0.179. The molecule has 3 aromatic rings. The number of thiazole rings is 2. The van der Waals surface area contributed by atoms with Crippen LogP contribution in [0.1, 0.15) is 10.7 Å². The Morgan fingerprint density at radius 1 is 1.25 bits per heavy atom. The van der Waals surface area contributed by atoms with Crippen LogP contribution in [0, 0.1) is 0 Å². The molecular formula is C15H14N4O3S2. The van der Waals surface area contributed by atoms with E-state index in [0.717, 1.165) is 15.2 Å². The van der Waals surface area contributed by atoms with Gasteiger partial charge in [0.1, 0.15) is 11.6 Å². The van der Waals surface area contributed by atoms with Gasteiger partial charge in [0.15, 0.2) is 5.13 Å². The van der Waals surface area contributed by atoms with Gasteiger partial charge in [0, 0.05) is 5.38 Å². The highest BCUT2D eigenvalue weighted by Crippen LogP contribution is 2.22. The Labute approximate surface area is 145 Å². The fourth-order valence-corrected chi connectivity index (χ4v) is 3.62. The molecule has 3 rings (SSSR count). The van der Waals surface area contributed by atoms with Gasteiger partial charge in [-0.1, -0.05) is 12.1 Å². The number of aromatic nitrogens is 2. The number of nitrogens with two attached hydrogens (primary N) is 1. The Balaban J connectivity index is 1.47. The van der Waals surface area contributed by atoms with Crippen LogP contribution < -0.4 is 11.1 Å². The summed E-state index contributed by atoms with van der Waals surface area (Å²) in [6, 6.07) is 7.82. The first-order valence-electron chi connectivity index (χ1n) is 7.05. The van der Waals surface area contributed by atoms with Crippen LogP contribution in [0.2, 0.25) is 0 Å². The van der Waals surface area contributed by atoms with Gasteiger partial charge in [-0.15, -0.1) is 22.7 Å². The number of nitrogens with one attached hydrogen (secondary N) is 1. The van der Waals surface area contributed by atoms with Crippen molar-refractivity contribution in [3.8, 4) is 0 Å². The zero-order chi connectivity index (χ0) is 16.9. The van der Waals surface area contributed by atoms with E-state index in [1.165, 1.54) is 11.3 Å². The van der Waals surface area contributed by atoms with Gasteiger partial charge < -0.3 is 10.5 Å². The van der Waals surface area contributed by atoms with Gasteiger partial charge in [0.2, 0.25) is 5.91 Å². The van der Waals surface area contributed by atoms with E-state index in [0.29, 0.717) is 10.8 Å². The van der Waals surface area contributed by atoms with Gasteiger partial charge in [-0.2, -0.15) is 0 Å². The van der Waals surface area contributed by atoms with Gasteiger partial charge in [-0.25, -0.2) is 9.97 Å². The number of carbonyl (C=O) groups is 2. The van der Waals surface area contributed by atoms with Crippen LogP contribution in [0.5, 0.6) is 0 Å². The fraction of sp³-hybridized carbons (Fsp3) is 0.200. The van der Waals surface area contributed by atoms with Crippen molar-refractivity contribution in [3.63, 3.8) is 0 Å². The van der Waals surface area contributed by atoms with Gasteiger partial charge in [0.25, 0.3) is 5.91 Å². The lowest BCUT2D eigenvalue weighted by Gasteiger charge is -2.02. The minimum Gasteiger partial charge on any atom is -0.369 e. The summed E-state index contributed by atoms with van der Waals surface area (Å²) in [4.78, 5) is 31.2. The summed E-state index contributed by atoms with van der Waals surface area (Å²) in [5.41, 5.74) is 6.56. The molecule has 0 fully saturated rings. The maximum Gasteiger partial charge on any atom is 0.252 e. The number of carbonyl (C=O) groups excluding carboxylic acids is 2. The second kappa shape index (κ2) is 7.47. The van der Waals surface area contributed by atoms with Crippen molar-refractivity contribution >= 4 is 49.8 Å². The number of nitrogens with zero attached hydrogens (tertiary/aromatic N) is 2. The van der Waals surface area contributed by atoms with E-state index in [2.05, 4.69) is 15.3 Å². The van der Waals surface area contributed by atoms with Crippen molar-refractivity contribution in [3.05, 3.63) is 40.3 Å². The quantitative estimate of drug-likeness (QED) is 0.668. The molecule has 0 bridgehead atoms. The summed E-state index contributed by atoms with van der Waals surface area (Å²) in [5.74, 6) is -0.770. The lowest BCUT2D eigenvalue weighted by molar-refractivity contribution is -0.121. The van der Waals surface area contributed by atoms with Crippen LogP contribution in [0.25, 0.3) is 10.2 Å². The van der Waals surface area contributed by atoms with E-state index in [-0.39, 0.29) is 25.5 Å². The Hall–Kier alpha value is -2.36. The summed E-state index contributed by atoms with van der Waals surface area (Å²) in [6.07, 6.45) is 0.0560. The Morgan fingerprint density at radius 2 is 2.08 bits per heavy atom. The zero-order valence-electron chi connectivity index (χ0n) is 12.5. The number of hydrogen-bond donors (Lipinski definition) is 2. The monoisotopic (exact) mass is 362 g/mol. The van der Waals surface area contributed by atoms with Crippen LogP contribution in [0.15, 0.2) is 29.6 Å². The number of anilines is 1. The average Bonchev–Trinajstić information content (AvgIpc) is 3.12. The molecule has 24 heavy (non-hydrogen) atoms. The lowest BCUT2D eigenvalue weighted by Crippen LogP contribution is -2.18. The first-order chi connectivity index (χ1) is 11.6. The highest BCUT2D eigenvalue weighted by Gasteiger charge is 2.09. The molecule has 7 nitrogen and oxygen atoms in total. The molecule has 0 saturated heterocycles. The molecule has 3 N–H and O–H groups in total. The Bertz CT molecular complexity index is 841. The summed E-state index contributed by atoms with van der Waals surface area (Å²) >= 11 is 2.78. The number of primary amides is 1. The van der Waals surface area contributed by atoms with Crippen LogP contribution in [0.3, 0.4) is 0 Å². The van der Waals surface area contributed by atoms with E-state index in [1.54, 1.807) is 16.7 Å². The molecular weight excluding hydrogens is 348 g/mol. The zero-order valence-corrected chi connectivity index (χ0v) is 14.2. The standard InChI is InChI=1S/C15H14N4O3S2/c16-12(20)5-9-8-23-15(17-9)19-13(21)6-22-7-14-18-10-3-1-2-4-11(10)24-14/h1-4,8H,5-7H2,(H2,16,20)(H,17,19,21). The largest absolute Gasteiger partial charge is 0.369 e. The van der Waals surface area contributed by atoms with E-state index in [1.807, 2.05) is 24.3 Å². The predicted octanol–water partition coefficient (Wildman–Crippen LogP) is 1.94. The van der Waals surface area contributed by atoms with E-state index < -0.39 is 5.91 Å². The molecule has 0 spiro atoms. The van der Waals surface area contributed by atoms with Crippen molar-refractivity contribution in [2.24, 2.45) is 5.73 Å². The molecule has 9 heteroatoms. The molecule has 0 atom stereocenters. The van der Waals surface area contributed by atoms with Crippen LogP contribution >= 0.6 is 22.7 Å². The van der Waals surface area contributed by atoms with Crippen molar-refractivity contribution in [1.29, 1.82) is 0 Å². The van der Waals surface area contributed by atoms with Gasteiger partial charge in [-0.05, 0) is 12.1 Å². The average molecular weight is 362 g/mol. The molecule has 0 aliphatic rings. The molecule has 0 radical (unpaired) electrons. The van der Waals surface area contributed by atoms with Crippen molar-refractivity contribution in [1.82, 2.24) is 9.97 Å². The minimum absolute atomic E-state index is 0.0560. The lowest BCUT2D eigenvalue weighted by atomic mass is 10.3. The van der Waals surface area contributed by atoms with Gasteiger partial charge in [0.05, 0.1) is 28.9 Å². The van der Waals surface area contributed by atoms with Crippen molar-refractivity contribution < 1.29 is 14.3 Å². The normalized spacial score (nSPS) is 10.8. The van der Waals surface area contributed by atoms with Gasteiger partial charge >= 0.3 is 0 Å². The SMILES string of the molecule is NC(=O)Cc1csc(NC(=O)COCc2nc3ccccc3s2)n1. The highest BCUT2D eigenvalue weighted by atomic mass is 32.1. The van der Waals surface area contributed by atoms with Crippen LogP contribution in [-0.2, 0) is 27.4 Å². The second-order valence-electron chi connectivity index (χ2n) is 4.90. The van der Waals surface area contributed by atoms with Crippen molar-refractivity contribution in [2.75, 3.05) is 11.9 Å².